The molecule has 1 aliphatic rings. The van der Waals surface area contributed by atoms with Crippen LogP contribution in [0, 0.1) is 0 Å². The second kappa shape index (κ2) is 5.05. The van der Waals surface area contributed by atoms with Gasteiger partial charge in [0.1, 0.15) is 5.78 Å². The van der Waals surface area contributed by atoms with E-state index in [4.69, 9.17) is 0 Å². The Morgan fingerprint density at radius 1 is 1.32 bits per heavy atom. The number of rotatable bonds is 3. The minimum atomic E-state index is -0.541. The van der Waals surface area contributed by atoms with Crippen molar-refractivity contribution in [3.8, 4) is 0 Å². The first-order chi connectivity index (χ1) is 8.95. The van der Waals surface area contributed by atoms with Gasteiger partial charge >= 0.3 is 5.69 Å². The molecule has 1 aromatic rings. The van der Waals surface area contributed by atoms with Crippen LogP contribution in [0.25, 0.3) is 0 Å². The monoisotopic (exact) mass is 263 g/mol. The molecule has 0 unspecified atom stereocenters. The highest BCUT2D eigenvalue weighted by Crippen LogP contribution is 2.13. The number of fused-ring (bicyclic) bond motifs is 1. The van der Waals surface area contributed by atoms with Gasteiger partial charge in [0, 0.05) is 29.8 Å². The molecule has 1 heterocycles. The summed E-state index contributed by atoms with van der Waals surface area (Å²) >= 11 is 0. The number of ketones is 1. The van der Waals surface area contributed by atoms with Gasteiger partial charge in [-0.15, -0.1) is 0 Å². The van der Waals surface area contributed by atoms with Gasteiger partial charge in [-0.25, -0.2) is 4.79 Å². The molecule has 1 amide bonds. The van der Waals surface area contributed by atoms with E-state index in [0.717, 1.165) is 0 Å². The van der Waals surface area contributed by atoms with Crippen molar-refractivity contribution in [1.82, 2.24) is 15.3 Å². The predicted octanol–water partition coefficient (Wildman–Crippen LogP) is -0.859. The van der Waals surface area contributed by atoms with Gasteiger partial charge in [0.05, 0.1) is 6.42 Å². The third-order valence-electron chi connectivity index (χ3n) is 2.76. The third kappa shape index (κ3) is 3.06. The lowest BCUT2D eigenvalue weighted by molar-refractivity contribution is -0.126. The van der Waals surface area contributed by atoms with E-state index in [2.05, 4.69) is 15.3 Å². The number of H-pyrrole nitrogens is 2. The van der Waals surface area contributed by atoms with E-state index in [9.17, 15) is 19.2 Å². The molecule has 100 valence electrons. The van der Waals surface area contributed by atoms with Crippen LogP contribution in [0.5, 0.6) is 0 Å². The summed E-state index contributed by atoms with van der Waals surface area (Å²) < 4.78 is 0. The third-order valence-corrected chi connectivity index (χ3v) is 2.76. The van der Waals surface area contributed by atoms with Crippen molar-refractivity contribution in [2.24, 2.45) is 0 Å². The second-order valence-corrected chi connectivity index (χ2v) is 4.40. The fourth-order valence-corrected chi connectivity index (χ4v) is 1.95. The summed E-state index contributed by atoms with van der Waals surface area (Å²) in [7, 11) is 0. The number of carbonyl (C=O) groups excluding carboxylic acids is 2. The summed E-state index contributed by atoms with van der Waals surface area (Å²) in [5, 5.41) is 2.59. The molecule has 0 saturated heterocycles. The molecule has 0 radical (unpaired) electrons. The molecule has 19 heavy (non-hydrogen) atoms. The van der Waals surface area contributed by atoms with Crippen LogP contribution >= 0.6 is 0 Å². The topological polar surface area (TPSA) is 112 Å². The Labute approximate surface area is 107 Å². The molecular weight excluding hydrogens is 250 g/mol. The van der Waals surface area contributed by atoms with E-state index in [-0.39, 0.29) is 18.6 Å². The number of aromatic nitrogens is 2. The van der Waals surface area contributed by atoms with E-state index >= 15 is 0 Å². The zero-order valence-corrected chi connectivity index (χ0v) is 10.3. The average Bonchev–Trinajstić information content (AvgIpc) is 2.28. The number of aromatic amines is 2. The summed E-state index contributed by atoms with van der Waals surface area (Å²) in [6.07, 6.45) is 2.12. The van der Waals surface area contributed by atoms with Gasteiger partial charge in [0.25, 0.3) is 5.56 Å². The number of Topliss-reactive ketones (excluding diaryl/α,β-unsaturated/α-hetero) is 1. The van der Waals surface area contributed by atoms with Gasteiger partial charge in [-0.3, -0.25) is 19.4 Å². The molecule has 0 saturated carbocycles. The number of amides is 1. The van der Waals surface area contributed by atoms with Crippen molar-refractivity contribution >= 4 is 11.7 Å². The quantitative estimate of drug-likeness (QED) is 0.616. The average molecular weight is 263 g/mol. The minimum Gasteiger partial charge on any atom is -0.329 e. The fraction of sp³-hybridized carbons (Fsp3) is 0.333. The molecule has 0 aliphatic heterocycles. The SMILES string of the molecule is CC(=O)CC(=O)NC1=CCc2[nH]c(=O)[nH]c(=O)c2C1. The van der Waals surface area contributed by atoms with Gasteiger partial charge < -0.3 is 10.3 Å². The summed E-state index contributed by atoms with van der Waals surface area (Å²) in [5.41, 5.74) is 0.557. The van der Waals surface area contributed by atoms with Crippen molar-refractivity contribution in [2.45, 2.75) is 26.2 Å². The molecule has 0 fully saturated rings. The van der Waals surface area contributed by atoms with Crippen LogP contribution in [0.1, 0.15) is 24.6 Å². The smallest absolute Gasteiger partial charge is 0.325 e. The van der Waals surface area contributed by atoms with Gasteiger partial charge in [-0.2, -0.15) is 0 Å². The van der Waals surface area contributed by atoms with E-state index in [1.165, 1.54) is 6.92 Å². The Hall–Kier alpha value is -2.44. The molecule has 0 atom stereocenters. The van der Waals surface area contributed by atoms with E-state index in [0.29, 0.717) is 23.4 Å². The Morgan fingerprint density at radius 2 is 2.05 bits per heavy atom. The van der Waals surface area contributed by atoms with Gasteiger partial charge in [0.2, 0.25) is 5.91 Å². The van der Waals surface area contributed by atoms with E-state index in [1.807, 2.05) is 0 Å². The highest BCUT2D eigenvalue weighted by Gasteiger charge is 2.17. The fourth-order valence-electron chi connectivity index (χ4n) is 1.95. The normalized spacial score (nSPS) is 13.4. The molecular formula is C12H13N3O4. The first-order valence-corrected chi connectivity index (χ1v) is 5.78. The zero-order chi connectivity index (χ0) is 14.0. The van der Waals surface area contributed by atoms with Crippen molar-refractivity contribution in [3.05, 3.63) is 43.9 Å². The largest absolute Gasteiger partial charge is 0.329 e. The molecule has 1 aliphatic carbocycles. The van der Waals surface area contributed by atoms with Crippen molar-refractivity contribution < 1.29 is 9.59 Å². The van der Waals surface area contributed by atoms with E-state index in [1.54, 1.807) is 6.08 Å². The highest BCUT2D eigenvalue weighted by atomic mass is 16.2. The first-order valence-electron chi connectivity index (χ1n) is 5.78. The number of nitrogens with one attached hydrogen (secondary N) is 3. The Kier molecular flexibility index (Phi) is 3.46. The molecule has 0 bridgehead atoms. The van der Waals surface area contributed by atoms with Crippen molar-refractivity contribution in [2.75, 3.05) is 0 Å². The molecule has 7 nitrogen and oxygen atoms in total. The zero-order valence-electron chi connectivity index (χ0n) is 10.3. The Balaban J connectivity index is 2.15. The van der Waals surface area contributed by atoms with Crippen molar-refractivity contribution in [1.29, 1.82) is 0 Å². The summed E-state index contributed by atoms with van der Waals surface area (Å²) in [5.74, 6) is -0.625. The maximum atomic E-state index is 11.6. The predicted molar refractivity (Wildman–Crippen MR) is 66.6 cm³/mol. The number of hydrogen-bond acceptors (Lipinski definition) is 4. The lowest BCUT2D eigenvalue weighted by atomic mass is 10.0. The summed E-state index contributed by atoms with van der Waals surface area (Å²) in [4.78, 5) is 49.7. The number of hydrogen-bond donors (Lipinski definition) is 3. The summed E-state index contributed by atoms with van der Waals surface area (Å²) in [6, 6.07) is 0. The first kappa shape index (κ1) is 13.0. The lowest BCUT2D eigenvalue weighted by Gasteiger charge is -2.16. The van der Waals surface area contributed by atoms with Crippen LogP contribution in [-0.4, -0.2) is 21.7 Å². The molecule has 3 N–H and O–H groups in total. The molecule has 2 rings (SSSR count). The molecule has 0 aromatic carbocycles. The highest BCUT2D eigenvalue weighted by molar-refractivity contribution is 5.97. The second-order valence-electron chi connectivity index (χ2n) is 4.40. The lowest BCUT2D eigenvalue weighted by Crippen LogP contribution is -2.33. The van der Waals surface area contributed by atoms with Crippen LogP contribution in [0.15, 0.2) is 21.4 Å². The Morgan fingerprint density at radius 3 is 2.74 bits per heavy atom. The minimum absolute atomic E-state index is 0.188. The summed E-state index contributed by atoms with van der Waals surface area (Å²) in [6.45, 7) is 1.33. The maximum Gasteiger partial charge on any atom is 0.325 e. The Bertz CT molecular complexity index is 681. The maximum absolute atomic E-state index is 11.6. The van der Waals surface area contributed by atoms with Crippen LogP contribution in [0.3, 0.4) is 0 Å². The van der Waals surface area contributed by atoms with E-state index < -0.39 is 17.2 Å². The van der Waals surface area contributed by atoms with Crippen molar-refractivity contribution in [3.63, 3.8) is 0 Å². The van der Waals surface area contributed by atoms with Gasteiger partial charge in [0.15, 0.2) is 0 Å². The van der Waals surface area contributed by atoms with Gasteiger partial charge in [-0.1, -0.05) is 6.08 Å². The van der Waals surface area contributed by atoms with Crippen LogP contribution in [0.4, 0.5) is 0 Å². The molecule has 7 heteroatoms. The number of carbonyl (C=O) groups is 2. The molecule has 0 spiro atoms. The standard InChI is InChI=1S/C12H13N3O4/c1-6(16)4-10(17)13-7-2-3-9-8(5-7)11(18)15-12(19)14-9/h2H,3-5H2,1H3,(H,13,17)(H2,14,15,18,19). The van der Waals surface area contributed by atoms with Crippen LogP contribution in [-0.2, 0) is 22.4 Å². The number of allylic oxidation sites excluding steroid dienone is 2. The van der Waals surface area contributed by atoms with Crippen LogP contribution < -0.4 is 16.6 Å². The van der Waals surface area contributed by atoms with Crippen LogP contribution in [0.2, 0.25) is 0 Å². The van der Waals surface area contributed by atoms with Gasteiger partial charge in [-0.05, 0) is 6.92 Å². The molecule has 1 aromatic heterocycles.